The third kappa shape index (κ3) is 3.97. The van der Waals surface area contributed by atoms with Gasteiger partial charge in [0.2, 0.25) is 11.7 Å². The number of hydrogen-bond donors (Lipinski definition) is 1. The minimum atomic E-state index is -0.810. The number of aliphatic carboxylic acids is 1. The van der Waals surface area contributed by atoms with E-state index in [2.05, 4.69) is 10.1 Å². The van der Waals surface area contributed by atoms with E-state index in [9.17, 15) is 4.79 Å². The highest BCUT2D eigenvalue weighted by Gasteiger charge is 2.11. The van der Waals surface area contributed by atoms with Gasteiger partial charge in [0, 0.05) is 11.3 Å². The van der Waals surface area contributed by atoms with E-state index >= 15 is 0 Å². The van der Waals surface area contributed by atoms with Crippen LogP contribution in [0.5, 0.6) is 0 Å². The van der Waals surface area contributed by atoms with Crippen LogP contribution >= 0.6 is 23.4 Å². The fourth-order valence-corrected chi connectivity index (χ4v) is 2.36. The van der Waals surface area contributed by atoms with Gasteiger partial charge in [-0.15, -0.1) is 0 Å². The summed E-state index contributed by atoms with van der Waals surface area (Å²) in [4.78, 5) is 14.6. The number of nitrogens with zero attached hydrogens (tertiary/aromatic N) is 2. The zero-order chi connectivity index (χ0) is 13.7. The molecule has 0 saturated carbocycles. The van der Waals surface area contributed by atoms with Crippen LogP contribution in [0.15, 0.2) is 28.8 Å². The fourth-order valence-electron chi connectivity index (χ4n) is 1.38. The first kappa shape index (κ1) is 13.9. The lowest BCUT2D eigenvalue weighted by molar-refractivity contribution is -0.136. The Balaban J connectivity index is 1.96. The van der Waals surface area contributed by atoms with Crippen molar-refractivity contribution >= 4 is 29.3 Å². The van der Waals surface area contributed by atoms with Gasteiger partial charge in [0.1, 0.15) is 0 Å². The molecule has 19 heavy (non-hydrogen) atoms. The highest BCUT2D eigenvalue weighted by molar-refractivity contribution is 7.98. The molecule has 100 valence electrons. The van der Waals surface area contributed by atoms with Gasteiger partial charge in [0.15, 0.2) is 0 Å². The summed E-state index contributed by atoms with van der Waals surface area (Å²) in [6.07, 6.45) is 0.121. The molecule has 1 aromatic heterocycles. The molecule has 2 aromatic rings. The molecule has 7 heteroatoms. The van der Waals surface area contributed by atoms with E-state index in [1.165, 1.54) is 11.8 Å². The molecule has 0 saturated heterocycles. The van der Waals surface area contributed by atoms with Crippen molar-refractivity contribution < 1.29 is 14.4 Å². The number of carboxylic acid groups (broad SMARTS) is 1. The summed E-state index contributed by atoms with van der Waals surface area (Å²) in [7, 11) is 0. The Kier molecular flexibility index (Phi) is 4.81. The van der Waals surface area contributed by atoms with Gasteiger partial charge in [-0.05, 0) is 12.1 Å². The molecule has 0 fully saturated rings. The quantitative estimate of drug-likeness (QED) is 0.826. The first-order valence-electron chi connectivity index (χ1n) is 5.54. The van der Waals surface area contributed by atoms with E-state index in [1.54, 1.807) is 6.07 Å². The van der Waals surface area contributed by atoms with Crippen molar-refractivity contribution in [1.29, 1.82) is 0 Å². The zero-order valence-electron chi connectivity index (χ0n) is 9.88. The van der Waals surface area contributed by atoms with Crippen LogP contribution in [0.1, 0.15) is 12.3 Å². The number of aromatic nitrogens is 2. The smallest absolute Gasteiger partial charge is 0.304 e. The van der Waals surface area contributed by atoms with Gasteiger partial charge in [-0.3, -0.25) is 4.79 Å². The molecule has 0 bridgehead atoms. The second kappa shape index (κ2) is 6.58. The predicted octanol–water partition coefficient (Wildman–Crippen LogP) is 3.10. The number of hydrogen-bond acceptors (Lipinski definition) is 5. The second-order valence-corrected chi connectivity index (χ2v) is 5.20. The number of benzene rings is 1. The summed E-state index contributed by atoms with van der Waals surface area (Å²) in [5, 5.41) is 12.9. The molecule has 1 heterocycles. The van der Waals surface area contributed by atoms with E-state index in [0.717, 1.165) is 5.56 Å². The Morgan fingerprint density at radius 3 is 2.95 bits per heavy atom. The molecular weight excluding hydrogens is 288 g/mol. The van der Waals surface area contributed by atoms with E-state index in [-0.39, 0.29) is 6.42 Å². The van der Waals surface area contributed by atoms with E-state index < -0.39 is 5.97 Å². The van der Waals surface area contributed by atoms with Crippen molar-refractivity contribution in [2.45, 2.75) is 12.2 Å². The van der Waals surface area contributed by atoms with E-state index in [4.69, 9.17) is 21.2 Å². The summed E-state index contributed by atoms with van der Waals surface area (Å²) in [6, 6.07) is 7.25. The molecule has 0 aliphatic carbocycles. The van der Waals surface area contributed by atoms with Gasteiger partial charge in [0.05, 0.1) is 17.2 Å². The number of halogens is 1. The van der Waals surface area contributed by atoms with Crippen LogP contribution < -0.4 is 0 Å². The minimum Gasteiger partial charge on any atom is -0.481 e. The topological polar surface area (TPSA) is 76.2 Å². The Hall–Kier alpha value is -1.53. The van der Waals surface area contributed by atoms with Crippen LogP contribution in [0.2, 0.25) is 5.02 Å². The van der Waals surface area contributed by atoms with Crippen LogP contribution in [0.4, 0.5) is 0 Å². The second-order valence-electron chi connectivity index (χ2n) is 3.69. The number of carboxylic acids is 1. The van der Waals surface area contributed by atoms with Crippen molar-refractivity contribution in [3.63, 3.8) is 0 Å². The maximum Gasteiger partial charge on any atom is 0.304 e. The lowest BCUT2D eigenvalue weighted by Crippen LogP contribution is -1.96. The molecule has 1 aromatic carbocycles. The van der Waals surface area contributed by atoms with Gasteiger partial charge < -0.3 is 9.63 Å². The highest BCUT2D eigenvalue weighted by Crippen LogP contribution is 2.25. The monoisotopic (exact) mass is 298 g/mol. The summed E-state index contributed by atoms with van der Waals surface area (Å²) in [5.74, 6) is 1.10. The lowest BCUT2D eigenvalue weighted by atomic mass is 10.2. The highest BCUT2D eigenvalue weighted by atomic mass is 35.5. The maximum atomic E-state index is 10.4. The van der Waals surface area contributed by atoms with Gasteiger partial charge in [0.25, 0.3) is 0 Å². The molecule has 5 nitrogen and oxygen atoms in total. The predicted molar refractivity (Wildman–Crippen MR) is 73.2 cm³/mol. The SMILES string of the molecule is O=C(O)CCSCc1nc(-c2ccccc2Cl)no1. The van der Waals surface area contributed by atoms with Gasteiger partial charge in [-0.1, -0.05) is 28.9 Å². The van der Waals surface area contributed by atoms with E-state index in [1.807, 2.05) is 18.2 Å². The van der Waals surface area contributed by atoms with Crippen LogP contribution in [0, 0.1) is 0 Å². The van der Waals surface area contributed by atoms with Gasteiger partial charge >= 0.3 is 5.97 Å². The molecule has 0 aliphatic rings. The third-order valence-corrected chi connectivity index (χ3v) is 3.54. The largest absolute Gasteiger partial charge is 0.481 e. The van der Waals surface area contributed by atoms with Gasteiger partial charge in [-0.25, -0.2) is 0 Å². The first-order valence-corrected chi connectivity index (χ1v) is 7.07. The molecule has 0 aliphatic heterocycles. The zero-order valence-corrected chi connectivity index (χ0v) is 11.4. The third-order valence-electron chi connectivity index (χ3n) is 2.27. The Bertz CT molecular complexity index is 574. The maximum absolute atomic E-state index is 10.4. The van der Waals surface area contributed by atoms with Crippen molar-refractivity contribution in [1.82, 2.24) is 10.1 Å². The van der Waals surface area contributed by atoms with Crippen molar-refractivity contribution in [3.8, 4) is 11.4 Å². The van der Waals surface area contributed by atoms with Crippen LogP contribution in [-0.2, 0) is 10.5 Å². The normalized spacial score (nSPS) is 10.6. The van der Waals surface area contributed by atoms with Crippen LogP contribution in [0.3, 0.4) is 0 Å². The summed E-state index contributed by atoms with van der Waals surface area (Å²) >= 11 is 7.47. The van der Waals surface area contributed by atoms with Crippen molar-refractivity contribution in [2.24, 2.45) is 0 Å². The average molecular weight is 299 g/mol. The number of carbonyl (C=O) groups is 1. The first-order chi connectivity index (χ1) is 9.16. The Morgan fingerprint density at radius 2 is 2.21 bits per heavy atom. The number of thioether (sulfide) groups is 1. The molecule has 0 radical (unpaired) electrons. The van der Waals surface area contributed by atoms with Gasteiger partial charge in [-0.2, -0.15) is 16.7 Å². The molecule has 0 spiro atoms. The number of rotatable bonds is 6. The van der Waals surface area contributed by atoms with Crippen LogP contribution in [-0.4, -0.2) is 27.0 Å². The Labute approximate surface area is 119 Å². The Morgan fingerprint density at radius 1 is 1.42 bits per heavy atom. The molecule has 0 unspecified atom stereocenters. The molecule has 0 atom stereocenters. The molecule has 1 N–H and O–H groups in total. The minimum absolute atomic E-state index is 0.121. The summed E-state index contributed by atoms with van der Waals surface area (Å²) in [6.45, 7) is 0. The summed E-state index contributed by atoms with van der Waals surface area (Å²) < 4.78 is 5.09. The van der Waals surface area contributed by atoms with Crippen molar-refractivity contribution in [3.05, 3.63) is 35.2 Å². The average Bonchev–Trinajstić information content (AvgIpc) is 2.83. The molecule has 2 rings (SSSR count). The van der Waals surface area contributed by atoms with Crippen LogP contribution in [0.25, 0.3) is 11.4 Å². The van der Waals surface area contributed by atoms with Crippen molar-refractivity contribution in [2.75, 3.05) is 5.75 Å². The summed E-state index contributed by atoms with van der Waals surface area (Å²) in [5.41, 5.74) is 0.717. The lowest BCUT2D eigenvalue weighted by Gasteiger charge is -1.96. The van der Waals surface area contributed by atoms with E-state index in [0.29, 0.717) is 28.2 Å². The molecule has 0 amide bonds. The molecular formula is C12H11ClN2O3S. The standard InChI is InChI=1S/C12H11ClN2O3S/c13-9-4-2-1-3-8(9)12-14-10(18-15-12)7-19-6-5-11(16)17/h1-4H,5-7H2,(H,16,17). The fraction of sp³-hybridized carbons (Fsp3) is 0.250.